The smallest absolute Gasteiger partial charge is 0.235 e. The van der Waals surface area contributed by atoms with Crippen LogP contribution in [-0.4, -0.2) is 49.6 Å². The van der Waals surface area contributed by atoms with Gasteiger partial charge in [0.15, 0.2) is 0 Å². The van der Waals surface area contributed by atoms with Gasteiger partial charge in [-0.05, 0) is 64.7 Å². The molecular formula is C16H30N4O. The van der Waals surface area contributed by atoms with Crippen LogP contribution in [0, 0.1) is 23.2 Å². The van der Waals surface area contributed by atoms with Gasteiger partial charge in [0.25, 0.3) is 0 Å². The summed E-state index contributed by atoms with van der Waals surface area (Å²) < 4.78 is 0. The predicted molar refractivity (Wildman–Crippen MR) is 84.7 cm³/mol. The molecule has 0 spiro atoms. The van der Waals surface area contributed by atoms with Gasteiger partial charge in [0.2, 0.25) is 5.91 Å². The number of hydrogen-bond donors (Lipinski definition) is 2. The van der Waals surface area contributed by atoms with Crippen LogP contribution in [0.1, 0.15) is 40.0 Å². The number of nitrogens with zero attached hydrogens (tertiary/aromatic N) is 2. The largest absolute Gasteiger partial charge is 0.337 e. The molecule has 1 fully saturated rings. The number of amides is 1. The van der Waals surface area contributed by atoms with Crippen LogP contribution in [-0.2, 0) is 4.79 Å². The molecule has 1 aliphatic rings. The van der Waals surface area contributed by atoms with E-state index in [2.05, 4.69) is 21.6 Å². The number of rotatable bonds is 7. The van der Waals surface area contributed by atoms with Gasteiger partial charge in [0.1, 0.15) is 5.54 Å². The zero-order valence-corrected chi connectivity index (χ0v) is 13.9. The molecule has 5 heteroatoms. The van der Waals surface area contributed by atoms with E-state index in [4.69, 9.17) is 0 Å². The lowest BCUT2D eigenvalue weighted by Crippen LogP contribution is -2.52. The molecule has 1 rings (SSSR count). The van der Waals surface area contributed by atoms with Gasteiger partial charge in [0, 0.05) is 0 Å². The first kappa shape index (κ1) is 17.9. The first-order chi connectivity index (χ1) is 9.91. The Balaban J connectivity index is 2.35. The maximum atomic E-state index is 12.1. The second kappa shape index (κ2) is 8.35. The molecule has 1 amide bonds. The van der Waals surface area contributed by atoms with Crippen LogP contribution < -0.4 is 10.6 Å². The molecule has 0 aromatic rings. The van der Waals surface area contributed by atoms with E-state index in [1.165, 1.54) is 6.42 Å². The van der Waals surface area contributed by atoms with Gasteiger partial charge in [-0.3, -0.25) is 9.69 Å². The van der Waals surface area contributed by atoms with Gasteiger partial charge < -0.3 is 10.6 Å². The number of nitriles is 1. The van der Waals surface area contributed by atoms with Gasteiger partial charge in [0.05, 0.1) is 12.6 Å². The molecule has 1 atom stereocenters. The van der Waals surface area contributed by atoms with Crippen LogP contribution in [0.4, 0.5) is 0 Å². The number of hydrogen-bond acceptors (Lipinski definition) is 4. The third-order valence-electron chi connectivity index (χ3n) is 4.66. The second-order valence-corrected chi connectivity index (χ2v) is 6.63. The van der Waals surface area contributed by atoms with Crippen molar-refractivity contribution in [2.75, 3.05) is 33.2 Å². The van der Waals surface area contributed by atoms with Gasteiger partial charge in [-0.25, -0.2) is 0 Å². The minimum atomic E-state index is -0.776. The summed E-state index contributed by atoms with van der Waals surface area (Å²) in [6.07, 6.45) is 3.54. The summed E-state index contributed by atoms with van der Waals surface area (Å²) in [7, 11) is 1.99. The molecule has 1 aliphatic heterocycles. The summed E-state index contributed by atoms with van der Waals surface area (Å²) in [5, 5.41) is 15.3. The van der Waals surface area contributed by atoms with Crippen molar-refractivity contribution in [3.8, 4) is 6.07 Å². The van der Waals surface area contributed by atoms with Gasteiger partial charge in [-0.2, -0.15) is 5.26 Å². The number of carbonyl (C=O) groups is 1. The fourth-order valence-electron chi connectivity index (χ4n) is 2.62. The maximum Gasteiger partial charge on any atom is 0.235 e. The summed E-state index contributed by atoms with van der Waals surface area (Å²) in [5.41, 5.74) is -0.776. The topological polar surface area (TPSA) is 68.2 Å². The predicted octanol–water partition coefficient (Wildman–Crippen LogP) is 1.36. The second-order valence-electron chi connectivity index (χ2n) is 6.63. The number of likely N-dealkylation sites (tertiary alicyclic amines) is 1. The molecule has 21 heavy (non-hydrogen) atoms. The number of carbonyl (C=O) groups excluding carboxylic acids is 1. The molecule has 0 saturated carbocycles. The summed E-state index contributed by atoms with van der Waals surface area (Å²) in [6.45, 7) is 9.13. The average molecular weight is 294 g/mol. The normalized spacial score (nSPS) is 20.0. The molecule has 1 unspecified atom stereocenters. The van der Waals surface area contributed by atoms with Crippen LogP contribution in [0.25, 0.3) is 0 Å². The van der Waals surface area contributed by atoms with Gasteiger partial charge >= 0.3 is 0 Å². The molecule has 1 heterocycles. The van der Waals surface area contributed by atoms with E-state index in [0.717, 1.165) is 38.4 Å². The monoisotopic (exact) mass is 294 g/mol. The standard InChI is InChI=1S/C16H30N4O/c1-13(2)16(3,12-17)19-15(21)11-20-9-6-14(7-10-20)5-8-18-4/h13-14,18H,5-11H2,1-4H3,(H,19,21). The van der Waals surface area contributed by atoms with Crippen LogP contribution >= 0.6 is 0 Å². The molecule has 5 nitrogen and oxygen atoms in total. The zero-order chi connectivity index (χ0) is 15.9. The Labute approximate surface area is 129 Å². The molecule has 120 valence electrons. The number of nitrogens with one attached hydrogen (secondary N) is 2. The van der Waals surface area contributed by atoms with Crippen LogP contribution in [0.2, 0.25) is 0 Å². The first-order valence-corrected chi connectivity index (χ1v) is 8.00. The average Bonchev–Trinajstić information content (AvgIpc) is 2.46. The van der Waals surface area contributed by atoms with Crippen molar-refractivity contribution in [1.29, 1.82) is 5.26 Å². The van der Waals surface area contributed by atoms with Crippen LogP contribution in [0.3, 0.4) is 0 Å². The van der Waals surface area contributed by atoms with Crippen molar-refractivity contribution in [3.05, 3.63) is 0 Å². The highest BCUT2D eigenvalue weighted by molar-refractivity contribution is 5.79. The van der Waals surface area contributed by atoms with E-state index in [9.17, 15) is 10.1 Å². The zero-order valence-electron chi connectivity index (χ0n) is 13.9. The lowest BCUT2D eigenvalue weighted by Gasteiger charge is -2.33. The fourth-order valence-corrected chi connectivity index (χ4v) is 2.62. The van der Waals surface area contributed by atoms with Crippen LogP contribution in [0.15, 0.2) is 0 Å². The fraction of sp³-hybridized carbons (Fsp3) is 0.875. The molecule has 0 aromatic carbocycles. The maximum absolute atomic E-state index is 12.1. The molecular weight excluding hydrogens is 264 g/mol. The number of piperidine rings is 1. The molecule has 0 bridgehead atoms. The third kappa shape index (κ3) is 5.64. The van der Waals surface area contributed by atoms with Crippen molar-refractivity contribution < 1.29 is 4.79 Å². The highest BCUT2D eigenvalue weighted by Gasteiger charge is 2.30. The Morgan fingerprint density at radius 3 is 2.52 bits per heavy atom. The SMILES string of the molecule is CNCCC1CCN(CC(=O)NC(C)(C#N)C(C)C)CC1. The van der Waals surface area contributed by atoms with E-state index < -0.39 is 5.54 Å². The Bertz CT molecular complexity index is 369. The van der Waals surface area contributed by atoms with Gasteiger partial charge in [-0.1, -0.05) is 13.8 Å². The molecule has 1 saturated heterocycles. The van der Waals surface area contributed by atoms with Crippen molar-refractivity contribution in [2.45, 2.75) is 45.6 Å². The van der Waals surface area contributed by atoms with Crippen molar-refractivity contribution in [1.82, 2.24) is 15.5 Å². The Morgan fingerprint density at radius 1 is 1.43 bits per heavy atom. The quantitative estimate of drug-likeness (QED) is 0.744. The van der Waals surface area contributed by atoms with Gasteiger partial charge in [-0.15, -0.1) is 0 Å². The minimum absolute atomic E-state index is 0.0403. The third-order valence-corrected chi connectivity index (χ3v) is 4.66. The molecule has 0 aromatic heterocycles. The Hall–Kier alpha value is -1.12. The molecule has 0 radical (unpaired) electrons. The summed E-state index contributed by atoms with van der Waals surface area (Å²) in [4.78, 5) is 14.3. The summed E-state index contributed by atoms with van der Waals surface area (Å²) >= 11 is 0. The summed E-state index contributed by atoms with van der Waals surface area (Å²) in [5.74, 6) is 0.831. The Kier molecular flexibility index (Phi) is 7.13. The molecule has 0 aliphatic carbocycles. The van der Waals surface area contributed by atoms with E-state index in [0.29, 0.717) is 6.54 Å². The first-order valence-electron chi connectivity index (χ1n) is 8.00. The van der Waals surface area contributed by atoms with Crippen molar-refractivity contribution >= 4 is 5.91 Å². The minimum Gasteiger partial charge on any atom is -0.337 e. The van der Waals surface area contributed by atoms with Crippen molar-refractivity contribution in [2.24, 2.45) is 11.8 Å². The highest BCUT2D eigenvalue weighted by Crippen LogP contribution is 2.20. The lowest BCUT2D eigenvalue weighted by atomic mass is 9.90. The van der Waals surface area contributed by atoms with Crippen molar-refractivity contribution in [3.63, 3.8) is 0 Å². The van der Waals surface area contributed by atoms with E-state index in [1.807, 2.05) is 20.9 Å². The summed E-state index contributed by atoms with van der Waals surface area (Å²) in [6, 6.07) is 2.22. The van der Waals surface area contributed by atoms with E-state index in [-0.39, 0.29) is 11.8 Å². The lowest BCUT2D eigenvalue weighted by molar-refractivity contribution is -0.124. The highest BCUT2D eigenvalue weighted by atomic mass is 16.2. The van der Waals surface area contributed by atoms with E-state index in [1.54, 1.807) is 6.92 Å². The Morgan fingerprint density at radius 2 is 2.05 bits per heavy atom. The van der Waals surface area contributed by atoms with E-state index >= 15 is 0 Å². The van der Waals surface area contributed by atoms with Crippen LogP contribution in [0.5, 0.6) is 0 Å². The molecule has 2 N–H and O–H groups in total.